The number of rotatable bonds is 7. The number of nitrogens with zero attached hydrogens (tertiary/aromatic N) is 4. The largest absolute Gasteiger partial charge is 0.349 e. The van der Waals surface area contributed by atoms with Gasteiger partial charge in [-0.25, -0.2) is 0 Å². The lowest BCUT2D eigenvalue weighted by Gasteiger charge is -2.22. The van der Waals surface area contributed by atoms with Crippen molar-refractivity contribution in [3.8, 4) is 0 Å². The Morgan fingerprint density at radius 3 is 2.67 bits per heavy atom. The molecule has 188 valence electrons. The predicted molar refractivity (Wildman–Crippen MR) is 145 cm³/mol. The van der Waals surface area contributed by atoms with E-state index >= 15 is 0 Å². The number of benzene rings is 2. The first kappa shape index (κ1) is 24.6. The maximum atomic E-state index is 13.5. The first-order chi connectivity index (χ1) is 17.4. The van der Waals surface area contributed by atoms with E-state index in [1.54, 1.807) is 28.5 Å². The summed E-state index contributed by atoms with van der Waals surface area (Å²) in [6.07, 6.45) is 5.59. The second-order valence-corrected chi connectivity index (χ2v) is 11.2. The summed E-state index contributed by atoms with van der Waals surface area (Å²) < 4.78 is 3.65. The number of fused-ring (bicyclic) bond motifs is 3. The van der Waals surface area contributed by atoms with Gasteiger partial charge in [0.1, 0.15) is 0 Å². The molecule has 2 aromatic carbocycles. The van der Waals surface area contributed by atoms with Crippen LogP contribution in [0.5, 0.6) is 0 Å². The van der Waals surface area contributed by atoms with Crippen LogP contribution < -0.4 is 10.9 Å². The van der Waals surface area contributed by atoms with Crippen LogP contribution in [0.25, 0.3) is 16.7 Å². The lowest BCUT2D eigenvalue weighted by molar-refractivity contribution is 0.0928. The molecule has 1 fully saturated rings. The highest BCUT2D eigenvalue weighted by Crippen LogP contribution is 2.26. The van der Waals surface area contributed by atoms with E-state index in [1.165, 1.54) is 17.5 Å². The molecule has 0 aliphatic heterocycles. The predicted octanol–water partition coefficient (Wildman–Crippen LogP) is 5.36. The first-order valence-corrected chi connectivity index (χ1v) is 13.8. The minimum atomic E-state index is -0.104. The number of aryl methyl sites for hydroxylation is 1. The third kappa shape index (κ3) is 5.05. The molecular weight excluding hydrogens is 470 g/mol. The number of thioether (sulfide) groups is 1. The van der Waals surface area contributed by atoms with Crippen molar-refractivity contribution in [3.05, 3.63) is 69.5 Å². The minimum Gasteiger partial charge on any atom is -0.349 e. The molecule has 0 radical (unpaired) electrons. The van der Waals surface area contributed by atoms with E-state index < -0.39 is 0 Å². The molecule has 2 heterocycles. The fourth-order valence-electron chi connectivity index (χ4n) is 5.01. The average molecular weight is 504 g/mol. The van der Waals surface area contributed by atoms with Crippen LogP contribution in [0.4, 0.5) is 0 Å². The van der Waals surface area contributed by atoms with Crippen molar-refractivity contribution < 1.29 is 4.79 Å². The molecule has 1 N–H and O–H groups in total. The summed E-state index contributed by atoms with van der Waals surface area (Å²) in [6.45, 7) is 6.78. The van der Waals surface area contributed by atoms with Crippen molar-refractivity contribution in [3.63, 3.8) is 0 Å². The van der Waals surface area contributed by atoms with Gasteiger partial charge >= 0.3 is 0 Å². The zero-order valence-electron chi connectivity index (χ0n) is 21.2. The molecule has 36 heavy (non-hydrogen) atoms. The van der Waals surface area contributed by atoms with Crippen molar-refractivity contribution in [1.82, 2.24) is 24.5 Å². The minimum absolute atomic E-state index is 0.0923. The Morgan fingerprint density at radius 1 is 1.11 bits per heavy atom. The zero-order chi connectivity index (χ0) is 25.2. The van der Waals surface area contributed by atoms with E-state index in [-0.39, 0.29) is 23.4 Å². The number of carbonyl (C=O) groups excluding carboxylic acids is 1. The summed E-state index contributed by atoms with van der Waals surface area (Å²) in [4.78, 5) is 26.6. The van der Waals surface area contributed by atoms with Crippen LogP contribution in [-0.2, 0) is 12.3 Å². The van der Waals surface area contributed by atoms with Gasteiger partial charge in [0.25, 0.3) is 11.5 Å². The van der Waals surface area contributed by atoms with Crippen LogP contribution in [-0.4, -0.2) is 31.1 Å². The number of carbonyl (C=O) groups is 1. The smallest absolute Gasteiger partial charge is 0.262 e. The summed E-state index contributed by atoms with van der Waals surface area (Å²) >= 11 is 1.58. The third-order valence-corrected chi connectivity index (χ3v) is 7.77. The molecule has 1 amide bonds. The highest BCUT2D eigenvalue weighted by atomic mass is 32.2. The van der Waals surface area contributed by atoms with Crippen LogP contribution in [0.3, 0.4) is 0 Å². The number of nitrogens with one attached hydrogen (secondary N) is 1. The molecule has 4 aromatic rings. The van der Waals surface area contributed by atoms with Crippen molar-refractivity contribution in [2.24, 2.45) is 5.92 Å². The van der Waals surface area contributed by atoms with E-state index in [4.69, 9.17) is 0 Å². The van der Waals surface area contributed by atoms with Gasteiger partial charge in [-0.05, 0) is 49.4 Å². The SMILES string of the molecule is Cc1cccc(CSc2nnc3n(CC(C)C)c(=O)c4ccc(C(=O)NC5CCCCC5)cc4n23)c1. The van der Waals surface area contributed by atoms with Crippen LogP contribution >= 0.6 is 11.8 Å². The summed E-state index contributed by atoms with van der Waals surface area (Å²) in [6, 6.07) is 14.0. The van der Waals surface area contributed by atoms with Gasteiger partial charge in [0.05, 0.1) is 10.9 Å². The topological polar surface area (TPSA) is 81.3 Å². The normalized spacial score (nSPS) is 14.7. The van der Waals surface area contributed by atoms with Crippen molar-refractivity contribution >= 4 is 34.3 Å². The molecule has 5 rings (SSSR count). The van der Waals surface area contributed by atoms with Crippen LogP contribution in [0.15, 0.2) is 52.4 Å². The molecule has 0 unspecified atom stereocenters. The molecule has 7 nitrogen and oxygen atoms in total. The summed E-state index contributed by atoms with van der Waals surface area (Å²) in [7, 11) is 0. The molecule has 1 saturated carbocycles. The fraction of sp³-hybridized carbons (Fsp3) is 0.429. The quantitative estimate of drug-likeness (QED) is 0.343. The Bertz CT molecular complexity index is 1470. The molecule has 1 aliphatic rings. The number of aromatic nitrogens is 4. The van der Waals surface area contributed by atoms with Gasteiger partial charge in [-0.2, -0.15) is 0 Å². The molecule has 2 aromatic heterocycles. The molecule has 0 saturated heterocycles. The fourth-order valence-corrected chi connectivity index (χ4v) is 5.89. The van der Waals surface area contributed by atoms with E-state index in [1.807, 2.05) is 10.5 Å². The molecule has 0 bridgehead atoms. The van der Waals surface area contributed by atoms with Gasteiger partial charge in [0.2, 0.25) is 5.78 Å². The summed E-state index contributed by atoms with van der Waals surface area (Å²) in [5.41, 5.74) is 3.53. The van der Waals surface area contributed by atoms with Gasteiger partial charge in [0, 0.05) is 23.9 Å². The molecule has 0 atom stereocenters. The monoisotopic (exact) mass is 503 g/mol. The lowest BCUT2D eigenvalue weighted by atomic mass is 9.95. The second-order valence-electron chi connectivity index (χ2n) is 10.2. The average Bonchev–Trinajstić information content (AvgIpc) is 3.29. The number of hydrogen-bond donors (Lipinski definition) is 1. The molecule has 1 aliphatic carbocycles. The molecule has 0 spiro atoms. The van der Waals surface area contributed by atoms with E-state index in [2.05, 4.69) is 60.6 Å². The Morgan fingerprint density at radius 2 is 1.92 bits per heavy atom. The van der Waals surface area contributed by atoms with Crippen molar-refractivity contribution in [2.45, 2.75) is 76.4 Å². The maximum Gasteiger partial charge on any atom is 0.262 e. The van der Waals surface area contributed by atoms with Gasteiger partial charge < -0.3 is 5.32 Å². The highest BCUT2D eigenvalue weighted by Gasteiger charge is 2.21. The van der Waals surface area contributed by atoms with Crippen LogP contribution in [0, 0.1) is 12.8 Å². The van der Waals surface area contributed by atoms with Gasteiger partial charge in [0.15, 0.2) is 5.16 Å². The van der Waals surface area contributed by atoms with E-state index in [9.17, 15) is 9.59 Å². The van der Waals surface area contributed by atoms with Crippen molar-refractivity contribution in [1.29, 1.82) is 0 Å². The Kier molecular flexibility index (Phi) is 7.14. The second kappa shape index (κ2) is 10.5. The summed E-state index contributed by atoms with van der Waals surface area (Å²) in [5, 5.41) is 13.4. The van der Waals surface area contributed by atoms with Gasteiger partial charge in [-0.1, -0.05) is 74.7 Å². The van der Waals surface area contributed by atoms with Gasteiger partial charge in [-0.3, -0.25) is 18.6 Å². The Balaban J connectivity index is 1.58. The highest BCUT2D eigenvalue weighted by molar-refractivity contribution is 7.98. The van der Waals surface area contributed by atoms with E-state index in [0.717, 1.165) is 31.4 Å². The summed E-state index contributed by atoms with van der Waals surface area (Å²) in [5.74, 6) is 1.42. The Labute approximate surface area is 215 Å². The number of amides is 1. The maximum absolute atomic E-state index is 13.5. The molecular formula is C28H33N5O2S. The van der Waals surface area contributed by atoms with Crippen LogP contribution in [0.1, 0.15) is 67.4 Å². The third-order valence-electron chi connectivity index (χ3n) is 6.77. The van der Waals surface area contributed by atoms with Gasteiger partial charge in [-0.15, -0.1) is 10.2 Å². The zero-order valence-corrected chi connectivity index (χ0v) is 22.0. The first-order valence-electron chi connectivity index (χ1n) is 12.8. The lowest BCUT2D eigenvalue weighted by Crippen LogP contribution is -2.36. The van der Waals surface area contributed by atoms with E-state index in [0.29, 0.717) is 33.9 Å². The van der Waals surface area contributed by atoms with Crippen molar-refractivity contribution in [2.75, 3.05) is 0 Å². The standard InChI is InChI=1S/C28H33N5O2S/c1-18(2)16-32-26(35)23-13-12-21(25(34)29-22-10-5-4-6-11-22)15-24(23)33-27(32)30-31-28(33)36-17-20-9-7-8-19(3)14-20/h7-9,12-15,18,22H,4-6,10-11,16-17H2,1-3H3,(H,29,34). The molecule has 8 heteroatoms. The Hall–Kier alpha value is -3.13. The number of hydrogen-bond acceptors (Lipinski definition) is 5. The van der Waals surface area contributed by atoms with Crippen LogP contribution in [0.2, 0.25) is 0 Å².